The largest absolute Gasteiger partial charge is 0.475 e. The molecule has 15 heteroatoms. The van der Waals surface area contributed by atoms with Crippen molar-refractivity contribution in [3.8, 4) is 36.2 Å². The van der Waals surface area contributed by atoms with E-state index in [0.717, 1.165) is 0 Å². The molecule has 0 saturated carbocycles. The lowest BCUT2D eigenvalue weighted by Crippen LogP contribution is -2.37. The summed E-state index contributed by atoms with van der Waals surface area (Å²) in [5.41, 5.74) is -3.51. The Hall–Kier alpha value is -6.74. The van der Waals surface area contributed by atoms with Gasteiger partial charge in [-0.15, -0.1) is 12.8 Å². The number of ether oxygens (including phenoxy) is 2. The van der Waals surface area contributed by atoms with Crippen molar-refractivity contribution in [3.05, 3.63) is 141 Å². The third kappa shape index (κ3) is 5.82. The summed E-state index contributed by atoms with van der Waals surface area (Å²) in [6.45, 7) is -1.37. The molecule has 0 aliphatic carbocycles. The Morgan fingerprint density at radius 1 is 0.635 bits per heavy atom. The SMILES string of the molecule is C#CCOc1c(F)c(F)c(/C(=C2\C=CC=N2)c2cccn2N(C)n2cccc2/C(=C2/C=CC=N2)c2c(F)c(F)c(OCC#C)c(F)c2F)c(F)c1F. The number of aromatic nitrogens is 2. The van der Waals surface area contributed by atoms with Crippen LogP contribution in [0.4, 0.5) is 35.1 Å². The lowest BCUT2D eigenvalue weighted by atomic mass is 9.98. The molecule has 0 amide bonds. The number of benzene rings is 2. The van der Waals surface area contributed by atoms with Crippen molar-refractivity contribution in [1.29, 1.82) is 0 Å². The minimum Gasteiger partial charge on any atom is -0.475 e. The van der Waals surface area contributed by atoms with Crippen LogP contribution in [-0.4, -0.2) is 42.0 Å². The van der Waals surface area contributed by atoms with Crippen LogP contribution >= 0.6 is 0 Å². The van der Waals surface area contributed by atoms with Crippen LogP contribution in [0.5, 0.6) is 11.5 Å². The second kappa shape index (κ2) is 14.2. The molecule has 0 bridgehead atoms. The van der Waals surface area contributed by atoms with Crippen molar-refractivity contribution >= 4 is 23.6 Å². The first kappa shape index (κ1) is 35.1. The molecule has 0 fully saturated rings. The Morgan fingerprint density at radius 2 is 1.00 bits per heavy atom. The normalized spacial score (nSPS) is 14.9. The molecule has 52 heavy (non-hydrogen) atoms. The molecule has 4 heterocycles. The van der Waals surface area contributed by atoms with E-state index in [9.17, 15) is 0 Å². The Balaban J connectivity index is 1.54. The predicted molar refractivity (Wildman–Crippen MR) is 177 cm³/mol. The van der Waals surface area contributed by atoms with Gasteiger partial charge in [0.15, 0.2) is 34.8 Å². The quantitative estimate of drug-likeness (QED) is 0.0986. The van der Waals surface area contributed by atoms with Crippen molar-refractivity contribution in [1.82, 2.24) is 9.35 Å². The lowest BCUT2D eigenvalue weighted by molar-refractivity contribution is 0.305. The van der Waals surface area contributed by atoms with Crippen LogP contribution in [-0.2, 0) is 0 Å². The fraction of sp³-hybridized carbons (Fsp3) is 0.0811. The van der Waals surface area contributed by atoms with E-state index in [2.05, 4.69) is 9.98 Å². The zero-order valence-electron chi connectivity index (χ0n) is 26.6. The fourth-order valence-corrected chi connectivity index (χ4v) is 5.56. The van der Waals surface area contributed by atoms with E-state index < -0.39 is 93.5 Å². The van der Waals surface area contributed by atoms with Gasteiger partial charge in [0.1, 0.15) is 13.2 Å². The molecule has 2 aromatic heterocycles. The van der Waals surface area contributed by atoms with Gasteiger partial charge in [-0.25, -0.2) is 32.0 Å². The molecule has 7 nitrogen and oxygen atoms in total. The monoisotopic (exact) mass is 719 g/mol. The molecular weight excluding hydrogens is 698 g/mol. The molecule has 0 atom stereocenters. The van der Waals surface area contributed by atoms with Gasteiger partial charge in [0, 0.05) is 43.0 Å². The van der Waals surface area contributed by atoms with Gasteiger partial charge in [-0.1, -0.05) is 11.8 Å². The van der Waals surface area contributed by atoms with Crippen LogP contribution in [0.1, 0.15) is 22.5 Å². The van der Waals surface area contributed by atoms with E-state index in [1.807, 2.05) is 11.8 Å². The van der Waals surface area contributed by atoms with E-state index >= 15 is 35.1 Å². The van der Waals surface area contributed by atoms with E-state index in [1.165, 1.54) is 94.9 Å². The van der Waals surface area contributed by atoms with Gasteiger partial charge >= 0.3 is 0 Å². The number of hydrogen-bond donors (Lipinski definition) is 0. The van der Waals surface area contributed by atoms with Gasteiger partial charge in [-0.05, 0) is 48.6 Å². The van der Waals surface area contributed by atoms with Crippen molar-refractivity contribution in [2.24, 2.45) is 9.98 Å². The number of nitrogens with zero attached hydrogens (tertiary/aromatic N) is 5. The number of allylic oxidation sites excluding steroid dienone is 4. The van der Waals surface area contributed by atoms with Gasteiger partial charge in [0.25, 0.3) is 0 Å². The first-order valence-corrected chi connectivity index (χ1v) is 14.9. The minimum absolute atomic E-state index is 0.0906. The average molecular weight is 720 g/mol. The molecule has 0 radical (unpaired) electrons. The highest BCUT2D eigenvalue weighted by atomic mass is 19.2. The maximum Gasteiger partial charge on any atom is 0.204 e. The van der Waals surface area contributed by atoms with E-state index in [1.54, 1.807) is 0 Å². The van der Waals surface area contributed by atoms with Crippen LogP contribution in [0.3, 0.4) is 0 Å². The number of terminal acetylenes is 2. The molecule has 2 aromatic carbocycles. The fourth-order valence-electron chi connectivity index (χ4n) is 5.56. The van der Waals surface area contributed by atoms with Crippen molar-refractivity contribution in [3.63, 3.8) is 0 Å². The summed E-state index contributed by atoms with van der Waals surface area (Å²) in [5, 5.41) is 1.26. The molecule has 262 valence electrons. The van der Waals surface area contributed by atoms with Crippen LogP contribution in [0.15, 0.2) is 82.3 Å². The molecule has 2 aliphatic heterocycles. The number of hydrogen-bond acceptors (Lipinski definition) is 5. The van der Waals surface area contributed by atoms with Crippen LogP contribution in [0, 0.1) is 71.2 Å². The van der Waals surface area contributed by atoms with Gasteiger partial charge in [-0.2, -0.15) is 17.6 Å². The standard InChI is InChI=1S/C37H21F8N5O2/c1-4-18-51-36-32(42)28(38)26(29(39)33(36)43)24(20-10-6-14-46-20)22-12-8-16-49(22)48(3)50-17-9-13-23(50)25(21-11-7-15-47-21)27-30(40)34(44)37(52-19-5-2)35(45)31(27)41/h1-2,6-17H,18-19H2,3H3/b24-20+,25-21+. The molecule has 4 aromatic rings. The molecule has 2 aliphatic rings. The molecule has 6 rings (SSSR count). The predicted octanol–water partition coefficient (Wildman–Crippen LogP) is 7.26. The first-order chi connectivity index (χ1) is 25.0. The highest BCUT2D eigenvalue weighted by Gasteiger charge is 2.34. The van der Waals surface area contributed by atoms with Gasteiger partial charge in [-0.3, -0.25) is 9.98 Å². The molecule has 0 saturated heterocycles. The van der Waals surface area contributed by atoms with Gasteiger partial charge in [0.2, 0.25) is 23.3 Å². The Kier molecular flexibility index (Phi) is 9.61. The van der Waals surface area contributed by atoms with Crippen LogP contribution in [0.2, 0.25) is 0 Å². The average Bonchev–Trinajstić information content (AvgIpc) is 3.99. The summed E-state index contributed by atoms with van der Waals surface area (Å²) < 4.78 is 136. The molecule has 0 N–H and O–H groups in total. The van der Waals surface area contributed by atoms with Crippen molar-refractivity contribution in [2.75, 3.05) is 25.4 Å². The third-order valence-electron chi connectivity index (χ3n) is 7.76. The maximum absolute atomic E-state index is 15.8. The Bertz CT molecular complexity index is 2150. The highest BCUT2D eigenvalue weighted by molar-refractivity contribution is 5.90. The van der Waals surface area contributed by atoms with E-state index in [4.69, 9.17) is 22.3 Å². The molecular formula is C37H21F8N5O2. The first-order valence-electron chi connectivity index (χ1n) is 14.9. The Morgan fingerprint density at radius 3 is 1.31 bits per heavy atom. The zero-order valence-corrected chi connectivity index (χ0v) is 26.6. The van der Waals surface area contributed by atoms with E-state index in [-0.39, 0.29) is 22.8 Å². The second-order valence-corrected chi connectivity index (χ2v) is 10.7. The van der Waals surface area contributed by atoms with Crippen molar-refractivity contribution < 1.29 is 44.6 Å². The lowest BCUT2D eigenvalue weighted by Gasteiger charge is -2.29. The smallest absolute Gasteiger partial charge is 0.204 e. The topological polar surface area (TPSA) is 56.3 Å². The van der Waals surface area contributed by atoms with Gasteiger partial charge in [0.05, 0.1) is 33.9 Å². The number of aliphatic imine (C=N–C) groups is 2. The summed E-state index contributed by atoms with van der Waals surface area (Å²) in [7, 11) is 1.40. The summed E-state index contributed by atoms with van der Waals surface area (Å²) in [5.74, 6) is -13.5. The third-order valence-corrected chi connectivity index (χ3v) is 7.76. The van der Waals surface area contributed by atoms with Crippen LogP contribution in [0.25, 0.3) is 11.1 Å². The number of halogens is 8. The summed E-state index contributed by atoms with van der Waals surface area (Å²) in [6.07, 6.45) is 21.0. The summed E-state index contributed by atoms with van der Waals surface area (Å²) in [6, 6.07) is 5.55. The van der Waals surface area contributed by atoms with Gasteiger partial charge < -0.3 is 9.47 Å². The second-order valence-electron chi connectivity index (χ2n) is 10.7. The summed E-state index contributed by atoms with van der Waals surface area (Å²) in [4.78, 5) is 8.21. The van der Waals surface area contributed by atoms with E-state index in [0.29, 0.717) is 0 Å². The molecule has 0 unspecified atom stereocenters. The minimum atomic E-state index is -1.85. The maximum atomic E-state index is 15.8. The van der Waals surface area contributed by atoms with Crippen LogP contribution < -0.4 is 14.6 Å². The number of rotatable bonds is 10. The highest BCUT2D eigenvalue weighted by Crippen LogP contribution is 2.41. The summed E-state index contributed by atoms with van der Waals surface area (Å²) >= 11 is 0. The Labute approximate surface area is 290 Å². The molecule has 0 spiro atoms. The zero-order chi connectivity index (χ0) is 37.3. The van der Waals surface area contributed by atoms with Crippen molar-refractivity contribution in [2.45, 2.75) is 0 Å².